The normalized spacial score (nSPS) is 11.7. The van der Waals surface area contributed by atoms with E-state index in [9.17, 15) is 13.2 Å². The second-order valence-electron chi connectivity index (χ2n) is 3.55. The van der Waals surface area contributed by atoms with Crippen LogP contribution in [0.4, 0.5) is 13.2 Å². The molecule has 108 valence electrons. The van der Waals surface area contributed by atoms with Crippen LogP contribution >= 0.6 is 35.0 Å². The predicted octanol–water partition coefficient (Wildman–Crippen LogP) is 4.34. The minimum atomic E-state index is -4.25. The first-order valence-electron chi connectivity index (χ1n) is 5.29. The summed E-state index contributed by atoms with van der Waals surface area (Å²) in [4.78, 5) is 0. The van der Waals surface area contributed by atoms with Crippen molar-refractivity contribution in [1.82, 2.24) is 5.32 Å². The molecule has 1 aromatic carbocycles. The summed E-state index contributed by atoms with van der Waals surface area (Å²) in [7, 11) is 1.73. The van der Waals surface area contributed by atoms with Gasteiger partial charge in [-0.2, -0.15) is 13.2 Å². The Morgan fingerprint density at radius 2 is 2.00 bits per heavy atom. The quantitative estimate of drug-likeness (QED) is 0.782. The number of rotatable bonds is 6. The van der Waals surface area contributed by atoms with Crippen molar-refractivity contribution in [2.24, 2.45) is 0 Å². The lowest BCUT2D eigenvalue weighted by Crippen LogP contribution is -2.11. The molecule has 0 aliphatic carbocycles. The summed E-state index contributed by atoms with van der Waals surface area (Å²) in [5, 5.41) is 3.65. The highest BCUT2D eigenvalue weighted by Crippen LogP contribution is 2.33. The van der Waals surface area contributed by atoms with Crippen molar-refractivity contribution in [3.8, 4) is 5.75 Å². The van der Waals surface area contributed by atoms with Crippen LogP contribution in [0.1, 0.15) is 5.56 Å². The molecular weight excluding hydrogens is 322 g/mol. The molecule has 1 N–H and O–H groups in total. The van der Waals surface area contributed by atoms with Gasteiger partial charge in [-0.3, -0.25) is 0 Å². The van der Waals surface area contributed by atoms with E-state index in [1.54, 1.807) is 13.1 Å². The summed E-state index contributed by atoms with van der Waals surface area (Å²) in [5.74, 6) is 0.171. The van der Waals surface area contributed by atoms with Crippen LogP contribution in [0, 0.1) is 0 Å². The number of alkyl halides is 3. The van der Waals surface area contributed by atoms with E-state index in [1.165, 1.54) is 6.07 Å². The highest BCUT2D eigenvalue weighted by molar-refractivity contribution is 8.00. The Morgan fingerprint density at radius 3 is 2.58 bits per heavy atom. The number of benzene rings is 1. The van der Waals surface area contributed by atoms with E-state index in [0.29, 0.717) is 22.9 Å². The molecule has 0 fully saturated rings. The Morgan fingerprint density at radius 1 is 1.32 bits per heavy atom. The van der Waals surface area contributed by atoms with Gasteiger partial charge in [0.2, 0.25) is 0 Å². The Labute approximate surface area is 123 Å². The molecule has 0 heterocycles. The monoisotopic (exact) mass is 333 g/mol. The van der Waals surface area contributed by atoms with E-state index in [0.717, 1.165) is 0 Å². The van der Waals surface area contributed by atoms with Crippen molar-refractivity contribution < 1.29 is 17.9 Å². The molecule has 0 aromatic heterocycles. The average molecular weight is 334 g/mol. The fourth-order valence-corrected chi connectivity index (χ4v) is 2.39. The van der Waals surface area contributed by atoms with Crippen LogP contribution in [0.5, 0.6) is 5.75 Å². The molecule has 0 radical (unpaired) electrons. The van der Waals surface area contributed by atoms with Gasteiger partial charge in [0.15, 0.2) is 0 Å². The molecule has 0 aliphatic rings. The molecule has 0 spiro atoms. The first-order valence-corrected chi connectivity index (χ1v) is 7.03. The van der Waals surface area contributed by atoms with E-state index in [1.807, 2.05) is 0 Å². The highest BCUT2D eigenvalue weighted by atomic mass is 35.5. The first-order chi connectivity index (χ1) is 8.83. The molecule has 0 saturated heterocycles. The van der Waals surface area contributed by atoms with Gasteiger partial charge in [0, 0.05) is 22.9 Å². The van der Waals surface area contributed by atoms with Crippen LogP contribution in [0.15, 0.2) is 12.1 Å². The van der Waals surface area contributed by atoms with Crippen molar-refractivity contribution in [3.63, 3.8) is 0 Å². The summed E-state index contributed by atoms with van der Waals surface area (Å²) in [6.45, 7) is 0.379. The Bertz CT molecular complexity index is 429. The van der Waals surface area contributed by atoms with Crippen LogP contribution in [-0.2, 0) is 6.54 Å². The third-order valence-electron chi connectivity index (χ3n) is 2.05. The highest BCUT2D eigenvalue weighted by Gasteiger charge is 2.27. The van der Waals surface area contributed by atoms with Gasteiger partial charge in [0.25, 0.3) is 0 Å². The maximum atomic E-state index is 12.0. The number of halogens is 5. The summed E-state index contributed by atoms with van der Waals surface area (Å²) in [5.41, 5.74) is -3.54. The number of nitrogens with one attached hydrogen (secondary N) is 1. The van der Waals surface area contributed by atoms with E-state index < -0.39 is 5.51 Å². The lowest BCUT2D eigenvalue weighted by Gasteiger charge is -2.14. The van der Waals surface area contributed by atoms with Crippen LogP contribution in [0.25, 0.3) is 0 Å². The molecule has 2 nitrogen and oxygen atoms in total. The maximum Gasteiger partial charge on any atom is 0.441 e. The van der Waals surface area contributed by atoms with Crippen LogP contribution < -0.4 is 10.1 Å². The van der Waals surface area contributed by atoms with Gasteiger partial charge in [-0.1, -0.05) is 23.2 Å². The van der Waals surface area contributed by atoms with Crippen molar-refractivity contribution in [2.45, 2.75) is 12.1 Å². The Hall–Kier alpha value is -0.300. The van der Waals surface area contributed by atoms with E-state index >= 15 is 0 Å². The standard InChI is InChI=1S/C11H12Cl2F3NOS/c1-17-6-7-4-8(12)5-9(13)10(7)18-2-3-19-11(14,15)16/h4-5,17H,2-3,6H2,1H3. The zero-order valence-corrected chi connectivity index (χ0v) is 12.3. The molecule has 0 atom stereocenters. The van der Waals surface area contributed by atoms with Crippen molar-refractivity contribution >= 4 is 35.0 Å². The van der Waals surface area contributed by atoms with Gasteiger partial charge in [-0.25, -0.2) is 0 Å². The SMILES string of the molecule is CNCc1cc(Cl)cc(Cl)c1OCCSC(F)(F)F. The molecule has 0 unspecified atom stereocenters. The van der Waals surface area contributed by atoms with Gasteiger partial charge in [-0.15, -0.1) is 0 Å². The summed E-state index contributed by atoms with van der Waals surface area (Å²) >= 11 is 11.7. The molecule has 19 heavy (non-hydrogen) atoms. The smallest absolute Gasteiger partial charge is 0.441 e. The van der Waals surface area contributed by atoms with Gasteiger partial charge < -0.3 is 10.1 Å². The van der Waals surface area contributed by atoms with Crippen molar-refractivity contribution in [3.05, 3.63) is 27.7 Å². The molecule has 0 bridgehead atoms. The molecule has 1 rings (SSSR count). The fourth-order valence-electron chi connectivity index (χ4n) is 1.40. The Balaban J connectivity index is 2.66. The van der Waals surface area contributed by atoms with Crippen LogP contribution in [0.2, 0.25) is 10.0 Å². The Kier molecular flexibility index (Phi) is 6.59. The number of thioether (sulfide) groups is 1. The number of hydrogen-bond acceptors (Lipinski definition) is 3. The summed E-state index contributed by atoms with van der Waals surface area (Å²) in [6, 6.07) is 3.16. The first kappa shape index (κ1) is 16.8. The average Bonchev–Trinajstić information content (AvgIpc) is 2.25. The van der Waals surface area contributed by atoms with E-state index in [-0.39, 0.29) is 29.1 Å². The minimum absolute atomic E-state index is 0.0811. The van der Waals surface area contributed by atoms with Gasteiger partial charge in [-0.05, 0) is 30.9 Å². The molecular formula is C11H12Cl2F3NOS. The molecule has 0 aliphatic heterocycles. The zero-order valence-electron chi connectivity index (χ0n) is 9.98. The fraction of sp³-hybridized carbons (Fsp3) is 0.455. The molecule has 0 saturated carbocycles. The maximum absolute atomic E-state index is 12.0. The zero-order chi connectivity index (χ0) is 14.5. The second-order valence-corrected chi connectivity index (χ2v) is 5.55. The summed E-state index contributed by atoms with van der Waals surface area (Å²) < 4.78 is 41.2. The molecule has 1 aromatic rings. The lowest BCUT2D eigenvalue weighted by atomic mass is 10.2. The minimum Gasteiger partial charge on any atom is -0.491 e. The van der Waals surface area contributed by atoms with E-state index in [4.69, 9.17) is 27.9 Å². The van der Waals surface area contributed by atoms with Gasteiger partial charge in [0.1, 0.15) is 5.75 Å². The third kappa shape index (κ3) is 6.12. The van der Waals surface area contributed by atoms with Crippen molar-refractivity contribution in [1.29, 1.82) is 0 Å². The van der Waals surface area contributed by atoms with Crippen LogP contribution in [0.3, 0.4) is 0 Å². The summed E-state index contributed by atoms with van der Waals surface area (Å²) in [6.07, 6.45) is 0. The molecule has 0 amide bonds. The van der Waals surface area contributed by atoms with Gasteiger partial charge in [0.05, 0.1) is 11.6 Å². The van der Waals surface area contributed by atoms with E-state index in [2.05, 4.69) is 5.32 Å². The van der Waals surface area contributed by atoms with Crippen LogP contribution in [-0.4, -0.2) is 24.9 Å². The van der Waals surface area contributed by atoms with Gasteiger partial charge >= 0.3 is 5.51 Å². The predicted molar refractivity (Wildman–Crippen MR) is 73.2 cm³/mol. The number of ether oxygens (including phenoxy) is 1. The largest absolute Gasteiger partial charge is 0.491 e. The third-order valence-corrected chi connectivity index (χ3v) is 3.25. The second kappa shape index (κ2) is 7.47. The lowest BCUT2D eigenvalue weighted by molar-refractivity contribution is -0.0329. The molecule has 8 heteroatoms. The topological polar surface area (TPSA) is 21.3 Å². The van der Waals surface area contributed by atoms with Crippen molar-refractivity contribution in [2.75, 3.05) is 19.4 Å². The number of hydrogen-bond donors (Lipinski definition) is 1.